The SMILES string of the molecule is CC(C)Cc1ccc2c(n1)oc1c(-c3nccn3-c3ccccc3)cccc12. The maximum Gasteiger partial charge on any atom is 0.227 e. The average molecular weight is 367 g/mol. The monoisotopic (exact) mass is 367 g/mol. The van der Waals surface area contributed by atoms with Crippen molar-refractivity contribution in [2.45, 2.75) is 20.3 Å². The lowest BCUT2D eigenvalue weighted by molar-refractivity contribution is 0.621. The molecule has 5 aromatic rings. The molecule has 0 aliphatic carbocycles. The predicted molar refractivity (Wildman–Crippen MR) is 113 cm³/mol. The number of furan rings is 1. The minimum Gasteiger partial charge on any atom is -0.437 e. The topological polar surface area (TPSA) is 43.9 Å². The summed E-state index contributed by atoms with van der Waals surface area (Å²) < 4.78 is 8.34. The van der Waals surface area contributed by atoms with E-state index in [-0.39, 0.29) is 0 Å². The molecule has 5 rings (SSSR count). The zero-order valence-corrected chi connectivity index (χ0v) is 16.0. The second-order valence-electron chi connectivity index (χ2n) is 7.49. The van der Waals surface area contributed by atoms with Gasteiger partial charge in [0.1, 0.15) is 11.4 Å². The minimum absolute atomic E-state index is 0.559. The number of para-hydroxylation sites is 2. The number of nitrogens with zero attached hydrogens (tertiary/aromatic N) is 3. The summed E-state index contributed by atoms with van der Waals surface area (Å²) in [6.07, 6.45) is 4.74. The van der Waals surface area contributed by atoms with Crippen molar-refractivity contribution in [2.75, 3.05) is 0 Å². The fourth-order valence-corrected chi connectivity index (χ4v) is 3.72. The van der Waals surface area contributed by atoms with Crippen LogP contribution in [0, 0.1) is 5.92 Å². The number of hydrogen-bond donors (Lipinski definition) is 0. The summed E-state index contributed by atoms with van der Waals surface area (Å²) in [7, 11) is 0. The van der Waals surface area contributed by atoms with Gasteiger partial charge in [0, 0.05) is 34.5 Å². The van der Waals surface area contributed by atoms with Crippen LogP contribution < -0.4 is 0 Å². The normalized spacial score (nSPS) is 11.7. The Morgan fingerprint density at radius 1 is 0.929 bits per heavy atom. The molecule has 0 saturated carbocycles. The minimum atomic E-state index is 0.559. The van der Waals surface area contributed by atoms with Crippen LogP contribution in [0.25, 0.3) is 39.1 Å². The van der Waals surface area contributed by atoms with Crippen LogP contribution in [0.3, 0.4) is 0 Å². The second kappa shape index (κ2) is 6.64. The van der Waals surface area contributed by atoms with E-state index in [4.69, 9.17) is 9.40 Å². The maximum atomic E-state index is 6.26. The molecule has 0 unspecified atom stereocenters. The summed E-state index contributed by atoms with van der Waals surface area (Å²) >= 11 is 0. The highest BCUT2D eigenvalue weighted by atomic mass is 16.3. The summed E-state index contributed by atoms with van der Waals surface area (Å²) in [5.41, 5.74) is 4.62. The van der Waals surface area contributed by atoms with Gasteiger partial charge in [-0.25, -0.2) is 9.97 Å². The molecular formula is C24H21N3O. The Morgan fingerprint density at radius 3 is 2.61 bits per heavy atom. The Bertz CT molecular complexity index is 1270. The first-order valence-corrected chi connectivity index (χ1v) is 9.61. The lowest BCUT2D eigenvalue weighted by Gasteiger charge is -2.08. The summed E-state index contributed by atoms with van der Waals surface area (Å²) in [4.78, 5) is 9.38. The van der Waals surface area contributed by atoms with E-state index in [1.165, 1.54) is 0 Å². The van der Waals surface area contributed by atoms with Gasteiger partial charge in [0.05, 0.1) is 5.56 Å². The Kier molecular flexibility index (Phi) is 3.97. The third-order valence-corrected chi connectivity index (χ3v) is 4.96. The summed E-state index contributed by atoms with van der Waals surface area (Å²) in [5.74, 6) is 1.42. The van der Waals surface area contributed by atoms with Crippen molar-refractivity contribution < 1.29 is 4.42 Å². The number of imidazole rings is 1. The molecule has 0 saturated heterocycles. The highest BCUT2D eigenvalue weighted by Crippen LogP contribution is 2.35. The molecule has 0 atom stereocenters. The van der Waals surface area contributed by atoms with Crippen LogP contribution in [-0.4, -0.2) is 14.5 Å². The number of pyridine rings is 1. The summed E-state index contributed by atoms with van der Waals surface area (Å²) in [6, 6.07) is 20.6. The fraction of sp³-hybridized carbons (Fsp3) is 0.167. The van der Waals surface area contributed by atoms with Crippen LogP contribution in [0.2, 0.25) is 0 Å². The summed E-state index contributed by atoms with van der Waals surface area (Å²) in [6.45, 7) is 4.40. The third kappa shape index (κ3) is 2.78. The molecule has 3 aromatic heterocycles. The van der Waals surface area contributed by atoms with Crippen LogP contribution in [-0.2, 0) is 6.42 Å². The molecule has 0 aliphatic rings. The van der Waals surface area contributed by atoms with Crippen molar-refractivity contribution in [1.29, 1.82) is 0 Å². The van der Waals surface area contributed by atoms with Gasteiger partial charge in [-0.1, -0.05) is 44.2 Å². The van der Waals surface area contributed by atoms with Gasteiger partial charge in [-0.2, -0.15) is 0 Å². The molecule has 0 N–H and O–H groups in total. The third-order valence-electron chi connectivity index (χ3n) is 4.96. The molecule has 0 spiro atoms. The first kappa shape index (κ1) is 16.8. The fourth-order valence-electron chi connectivity index (χ4n) is 3.72. The van der Waals surface area contributed by atoms with Gasteiger partial charge >= 0.3 is 0 Å². The predicted octanol–water partition coefficient (Wildman–Crippen LogP) is 6.03. The number of hydrogen-bond acceptors (Lipinski definition) is 3. The highest BCUT2D eigenvalue weighted by Gasteiger charge is 2.17. The molecule has 3 heterocycles. The average Bonchev–Trinajstić information content (AvgIpc) is 3.32. The van der Waals surface area contributed by atoms with Gasteiger partial charge in [-0.05, 0) is 42.7 Å². The molecular weight excluding hydrogens is 346 g/mol. The van der Waals surface area contributed by atoms with Gasteiger partial charge in [-0.3, -0.25) is 4.57 Å². The molecule has 0 radical (unpaired) electrons. The first-order valence-electron chi connectivity index (χ1n) is 9.61. The van der Waals surface area contributed by atoms with Crippen LogP contribution in [0.4, 0.5) is 0 Å². The number of fused-ring (bicyclic) bond motifs is 3. The molecule has 28 heavy (non-hydrogen) atoms. The van der Waals surface area contributed by atoms with Crippen LogP contribution in [0.1, 0.15) is 19.5 Å². The van der Waals surface area contributed by atoms with Gasteiger partial charge in [0.15, 0.2) is 0 Å². The van der Waals surface area contributed by atoms with Crippen LogP contribution in [0.15, 0.2) is 77.5 Å². The van der Waals surface area contributed by atoms with E-state index in [2.05, 4.69) is 65.9 Å². The quantitative estimate of drug-likeness (QED) is 0.389. The van der Waals surface area contributed by atoms with E-state index >= 15 is 0 Å². The van der Waals surface area contributed by atoms with E-state index in [1.54, 1.807) is 0 Å². The smallest absolute Gasteiger partial charge is 0.227 e. The van der Waals surface area contributed by atoms with Crippen LogP contribution in [0.5, 0.6) is 0 Å². The molecule has 0 fully saturated rings. The summed E-state index contributed by atoms with van der Waals surface area (Å²) in [5, 5.41) is 2.11. The van der Waals surface area contributed by atoms with E-state index in [9.17, 15) is 0 Å². The largest absolute Gasteiger partial charge is 0.437 e. The van der Waals surface area contributed by atoms with Crippen LogP contribution >= 0.6 is 0 Å². The Morgan fingerprint density at radius 2 is 1.79 bits per heavy atom. The molecule has 0 amide bonds. The van der Waals surface area contributed by atoms with E-state index in [1.807, 2.05) is 30.6 Å². The maximum absolute atomic E-state index is 6.26. The van der Waals surface area contributed by atoms with Crippen molar-refractivity contribution in [3.63, 3.8) is 0 Å². The van der Waals surface area contributed by atoms with Crippen molar-refractivity contribution in [3.05, 3.63) is 78.8 Å². The van der Waals surface area contributed by atoms with Crippen molar-refractivity contribution in [1.82, 2.24) is 14.5 Å². The van der Waals surface area contributed by atoms with E-state index in [0.29, 0.717) is 11.6 Å². The van der Waals surface area contributed by atoms with Crippen molar-refractivity contribution in [2.24, 2.45) is 5.92 Å². The lowest BCUT2D eigenvalue weighted by atomic mass is 10.1. The van der Waals surface area contributed by atoms with Gasteiger partial charge in [-0.15, -0.1) is 0 Å². The van der Waals surface area contributed by atoms with Crippen molar-refractivity contribution in [3.8, 4) is 17.1 Å². The molecule has 138 valence electrons. The van der Waals surface area contributed by atoms with Gasteiger partial charge in [0.2, 0.25) is 5.71 Å². The zero-order valence-electron chi connectivity index (χ0n) is 16.0. The van der Waals surface area contributed by atoms with Crippen molar-refractivity contribution >= 4 is 22.1 Å². The second-order valence-corrected chi connectivity index (χ2v) is 7.49. The zero-order chi connectivity index (χ0) is 19.1. The molecule has 4 nitrogen and oxygen atoms in total. The Hall–Kier alpha value is -3.40. The molecule has 0 aliphatic heterocycles. The first-order chi connectivity index (χ1) is 13.7. The van der Waals surface area contributed by atoms with Gasteiger partial charge in [0.25, 0.3) is 0 Å². The van der Waals surface area contributed by atoms with E-state index < -0.39 is 0 Å². The number of benzene rings is 2. The number of aromatic nitrogens is 3. The van der Waals surface area contributed by atoms with Gasteiger partial charge < -0.3 is 4.42 Å². The van der Waals surface area contributed by atoms with E-state index in [0.717, 1.165) is 45.5 Å². The molecule has 2 aromatic carbocycles. The lowest BCUT2D eigenvalue weighted by Crippen LogP contribution is -1.96. The molecule has 4 heteroatoms. The Balaban J connectivity index is 1.70. The Labute approximate surface area is 163 Å². The molecule has 0 bridgehead atoms. The highest BCUT2D eigenvalue weighted by molar-refractivity contribution is 6.08. The number of rotatable bonds is 4. The standard InChI is InChI=1S/C24H21N3O/c1-16(2)15-17-11-12-20-19-9-6-10-21(22(19)28-24(20)26-17)23-25-13-14-27(23)18-7-4-3-5-8-18/h3-14,16H,15H2,1-2H3.